The van der Waals surface area contributed by atoms with E-state index in [4.69, 9.17) is 0 Å². The van der Waals surface area contributed by atoms with Gasteiger partial charge in [-0.2, -0.15) is 5.10 Å². The Morgan fingerprint density at radius 2 is 1.76 bits per heavy atom. The molecule has 0 fully saturated rings. The fraction of sp³-hybridized carbons (Fsp3) is 0.269. The van der Waals surface area contributed by atoms with Crippen molar-refractivity contribution in [2.24, 2.45) is 0 Å². The average Bonchev–Trinajstić information content (AvgIpc) is 3.30. The van der Waals surface area contributed by atoms with Crippen LogP contribution in [0.4, 0.5) is 23.2 Å². The molecule has 0 unspecified atom stereocenters. The van der Waals surface area contributed by atoms with Crippen molar-refractivity contribution in [1.29, 1.82) is 0 Å². The van der Waals surface area contributed by atoms with Gasteiger partial charge >= 0.3 is 0 Å². The molecule has 11 heteroatoms. The highest BCUT2D eigenvalue weighted by Crippen LogP contribution is 2.31. The van der Waals surface area contributed by atoms with Crippen molar-refractivity contribution in [3.05, 3.63) is 89.0 Å². The molecule has 0 radical (unpaired) electrons. The van der Waals surface area contributed by atoms with Gasteiger partial charge in [0.05, 0.1) is 24.5 Å². The first-order valence-electron chi connectivity index (χ1n) is 11.5. The van der Waals surface area contributed by atoms with Crippen LogP contribution < -0.4 is 5.32 Å². The molecule has 4 rings (SSSR count). The van der Waals surface area contributed by atoms with Crippen LogP contribution in [0.3, 0.4) is 0 Å². The van der Waals surface area contributed by atoms with Crippen molar-refractivity contribution in [3.8, 4) is 11.1 Å². The number of alkyl halides is 2. The van der Waals surface area contributed by atoms with E-state index in [1.807, 2.05) is 13.1 Å². The number of hydrogen-bond donors (Lipinski definition) is 1. The molecule has 0 spiro atoms. The van der Waals surface area contributed by atoms with Crippen LogP contribution in [-0.2, 0) is 30.1 Å². The SMILES string of the molecule is CCn1cc(Cc2ncc(-c3cc(F)c(CC(=O)Nc4cnc(C)c(C(C)(F)F)c4)cc3F)cn2)cn1. The predicted octanol–water partition coefficient (Wildman–Crippen LogP) is 5.23. The Bertz CT molecular complexity index is 1430. The quantitative estimate of drug-likeness (QED) is 0.327. The summed E-state index contributed by atoms with van der Waals surface area (Å²) in [4.78, 5) is 24.8. The molecule has 1 amide bonds. The van der Waals surface area contributed by atoms with Crippen molar-refractivity contribution in [1.82, 2.24) is 24.7 Å². The largest absolute Gasteiger partial charge is 0.324 e. The minimum atomic E-state index is -3.15. The number of benzene rings is 1. The molecule has 192 valence electrons. The molecule has 0 saturated carbocycles. The standard InChI is InChI=1S/C26H24F4N6O/c1-4-36-14-16(10-34-36)5-24-32-11-18(12-33-24)20-9-22(27)17(6-23(20)28)7-25(37)35-19-8-21(26(3,29)30)15(2)31-13-19/h6,8-14H,4-5,7H2,1-3H3,(H,35,37). The third-order valence-corrected chi connectivity index (χ3v) is 5.72. The van der Waals surface area contributed by atoms with Crippen LogP contribution in [0.5, 0.6) is 0 Å². The highest BCUT2D eigenvalue weighted by molar-refractivity contribution is 5.92. The summed E-state index contributed by atoms with van der Waals surface area (Å²) in [5.74, 6) is -4.91. The number of halogens is 4. The molecular formula is C26H24F4N6O. The lowest BCUT2D eigenvalue weighted by Crippen LogP contribution is -2.17. The molecule has 0 atom stereocenters. The van der Waals surface area contributed by atoms with Crippen molar-refractivity contribution >= 4 is 11.6 Å². The highest BCUT2D eigenvalue weighted by Gasteiger charge is 2.27. The zero-order chi connectivity index (χ0) is 26.7. The first kappa shape index (κ1) is 25.9. The number of nitrogens with one attached hydrogen (secondary N) is 1. The number of carbonyl (C=O) groups excluding carboxylic acids is 1. The van der Waals surface area contributed by atoms with Gasteiger partial charge in [0, 0.05) is 66.4 Å². The molecule has 0 aliphatic rings. The van der Waals surface area contributed by atoms with Crippen LogP contribution >= 0.6 is 0 Å². The number of pyridine rings is 1. The molecule has 1 N–H and O–H groups in total. The van der Waals surface area contributed by atoms with Gasteiger partial charge in [0.15, 0.2) is 0 Å². The number of rotatable bonds is 8. The van der Waals surface area contributed by atoms with Gasteiger partial charge in [0.25, 0.3) is 5.92 Å². The lowest BCUT2D eigenvalue weighted by atomic mass is 10.0. The third kappa shape index (κ3) is 6.16. The first-order valence-corrected chi connectivity index (χ1v) is 11.5. The maximum absolute atomic E-state index is 14.9. The number of nitrogens with zero attached hydrogens (tertiary/aromatic N) is 5. The Balaban J connectivity index is 1.46. The smallest absolute Gasteiger partial charge is 0.272 e. The van der Waals surface area contributed by atoms with Crippen LogP contribution in [0, 0.1) is 18.6 Å². The molecule has 0 aliphatic heterocycles. The van der Waals surface area contributed by atoms with Gasteiger partial charge in [-0.1, -0.05) is 0 Å². The highest BCUT2D eigenvalue weighted by atomic mass is 19.3. The molecule has 3 heterocycles. The summed E-state index contributed by atoms with van der Waals surface area (Å²) in [6.45, 7) is 4.87. The summed E-state index contributed by atoms with van der Waals surface area (Å²) in [7, 11) is 0. The normalized spacial score (nSPS) is 11.5. The van der Waals surface area contributed by atoms with E-state index in [0.717, 1.165) is 37.2 Å². The van der Waals surface area contributed by atoms with E-state index in [2.05, 4.69) is 25.4 Å². The van der Waals surface area contributed by atoms with E-state index >= 15 is 0 Å². The maximum Gasteiger partial charge on any atom is 0.272 e. The molecule has 0 bridgehead atoms. The zero-order valence-corrected chi connectivity index (χ0v) is 20.4. The minimum absolute atomic E-state index is 0.0314. The topological polar surface area (TPSA) is 85.6 Å². The number of hydrogen-bond acceptors (Lipinski definition) is 5. The number of aryl methyl sites for hydroxylation is 2. The predicted molar refractivity (Wildman–Crippen MR) is 129 cm³/mol. The van der Waals surface area contributed by atoms with Crippen LogP contribution in [-0.4, -0.2) is 30.6 Å². The third-order valence-electron chi connectivity index (χ3n) is 5.72. The van der Waals surface area contributed by atoms with Gasteiger partial charge in [-0.05, 0) is 37.6 Å². The van der Waals surface area contributed by atoms with Gasteiger partial charge in [-0.25, -0.2) is 27.5 Å². The molecule has 0 aliphatic carbocycles. The molecular weight excluding hydrogens is 488 g/mol. The molecule has 4 aromatic rings. The van der Waals surface area contributed by atoms with Crippen LogP contribution in [0.15, 0.2) is 49.2 Å². The summed E-state index contributed by atoms with van der Waals surface area (Å²) in [5.41, 5.74) is 0.781. The van der Waals surface area contributed by atoms with Crippen molar-refractivity contribution < 1.29 is 22.4 Å². The average molecular weight is 513 g/mol. The van der Waals surface area contributed by atoms with Gasteiger partial charge in [-0.15, -0.1) is 0 Å². The minimum Gasteiger partial charge on any atom is -0.324 e. The molecule has 37 heavy (non-hydrogen) atoms. The number of amides is 1. The zero-order valence-electron chi connectivity index (χ0n) is 20.4. The summed E-state index contributed by atoms with van der Waals surface area (Å²) in [6, 6.07) is 3.01. The second-order valence-electron chi connectivity index (χ2n) is 8.66. The van der Waals surface area contributed by atoms with Crippen molar-refractivity contribution in [2.45, 2.75) is 46.1 Å². The van der Waals surface area contributed by atoms with Crippen molar-refractivity contribution in [3.63, 3.8) is 0 Å². The van der Waals surface area contributed by atoms with E-state index in [0.29, 0.717) is 12.2 Å². The van der Waals surface area contributed by atoms with Gasteiger partial charge < -0.3 is 5.32 Å². The van der Waals surface area contributed by atoms with E-state index in [9.17, 15) is 22.4 Å². The molecule has 0 saturated heterocycles. The Hall–Kier alpha value is -4.15. The van der Waals surface area contributed by atoms with E-state index in [1.54, 1.807) is 10.9 Å². The Kier molecular flexibility index (Phi) is 7.33. The van der Waals surface area contributed by atoms with Crippen LogP contribution in [0.25, 0.3) is 11.1 Å². The molecule has 1 aromatic carbocycles. The van der Waals surface area contributed by atoms with E-state index in [-0.39, 0.29) is 33.6 Å². The van der Waals surface area contributed by atoms with E-state index < -0.39 is 29.9 Å². The van der Waals surface area contributed by atoms with Gasteiger partial charge in [-0.3, -0.25) is 14.5 Å². The number of aromatic nitrogens is 5. The van der Waals surface area contributed by atoms with Crippen LogP contribution in [0.1, 0.15) is 42.1 Å². The first-order chi connectivity index (χ1) is 17.5. The Labute approximate surface area is 210 Å². The summed E-state index contributed by atoms with van der Waals surface area (Å²) < 4.78 is 58.9. The van der Waals surface area contributed by atoms with Crippen LogP contribution in [0.2, 0.25) is 0 Å². The van der Waals surface area contributed by atoms with Gasteiger partial charge in [0.2, 0.25) is 5.91 Å². The second kappa shape index (κ2) is 10.5. The number of carbonyl (C=O) groups is 1. The lowest BCUT2D eigenvalue weighted by molar-refractivity contribution is -0.115. The Morgan fingerprint density at radius 3 is 2.41 bits per heavy atom. The van der Waals surface area contributed by atoms with E-state index in [1.165, 1.54) is 25.5 Å². The summed E-state index contributed by atoms with van der Waals surface area (Å²) in [5, 5.41) is 6.60. The summed E-state index contributed by atoms with van der Waals surface area (Å²) >= 11 is 0. The Morgan fingerprint density at radius 1 is 1.03 bits per heavy atom. The number of anilines is 1. The lowest BCUT2D eigenvalue weighted by Gasteiger charge is -2.15. The molecule has 7 nitrogen and oxygen atoms in total. The molecule has 3 aromatic heterocycles. The fourth-order valence-corrected chi connectivity index (χ4v) is 3.81. The second-order valence-corrected chi connectivity index (χ2v) is 8.66. The monoisotopic (exact) mass is 512 g/mol. The van der Waals surface area contributed by atoms with Crippen molar-refractivity contribution in [2.75, 3.05) is 5.32 Å². The maximum atomic E-state index is 14.9. The summed E-state index contributed by atoms with van der Waals surface area (Å²) in [6.07, 6.45) is 7.58. The fourth-order valence-electron chi connectivity index (χ4n) is 3.81. The van der Waals surface area contributed by atoms with Gasteiger partial charge in [0.1, 0.15) is 17.5 Å².